The number of hydrogen-bond acceptors (Lipinski definition) is 2. The second kappa shape index (κ2) is 7.40. The Bertz CT molecular complexity index is 1990. The monoisotopic (exact) mass is 462 g/mol. The van der Waals surface area contributed by atoms with Crippen LogP contribution in [0.3, 0.4) is 0 Å². The summed E-state index contributed by atoms with van der Waals surface area (Å²) in [6, 6.07) is 30.0. The van der Waals surface area contributed by atoms with Crippen LogP contribution in [0.25, 0.3) is 66.8 Å². The van der Waals surface area contributed by atoms with Crippen molar-refractivity contribution < 1.29 is 0 Å². The number of rotatable bonds is 2. The van der Waals surface area contributed by atoms with E-state index in [0.717, 1.165) is 46.0 Å². The molecule has 0 saturated carbocycles. The zero-order valence-corrected chi connectivity index (χ0v) is 19.6. The predicted octanol–water partition coefficient (Wildman–Crippen LogP) is 7.83. The minimum atomic E-state index is 0.913. The van der Waals surface area contributed by atoms with Gasteiger partial charge in [0.05, 0.1) is 27.8 Å². The first-order valence-electron chi connectivity index (χ1n) is 12.4. The van der Waals surface area contributed by atoms with Gasteiger partial charge in [-0.25, -0.2) is 4.98 Å². The molecule has 8 rings (SSSR count). The minimum Gasteiger partial charge on any atom is -0.356 e. The highest BCUT2D eigenvalue weighted by atomic mass is 15.0. The van der Waals surface area contributed by atoms with E-state index in [0.29, 0.717) is 0 Å². The number of benzene rings is 3. The molecule has 0 bridgehead atoms. The van der Waals surface area contributed by atoms with Gasteiger partial charge in [-0.1, -0.05) is 54.6 Å². The molecule has 7 aromatic rings. The van der Waals surface area contributed by atoms with Crippen molar-refractivity contribution in [1.29, 1.82) is 0 Å². The molecule has 4 aromatic heterocycles. The van der Waals surface area contributed by atoms with Crippen molar-refractivity contribution in [3.8, 4) is 16.9 Å². The van der Waals surface area contributed by atoms with E-state index in [9.17, 15) is 0 Å². The third-order valence-electron chi connectivity index (χ3n) is 7.43. The van der Waals surface area contributed by atoms with Gasteiger partial charge >= 0.3 is 0 Å². The van der Waals surface area contributed by atoms with Crippen LogP contribution in [0.15, 0.2) is 97.2 Å². The third kappa shape index (κ3) is 2.75. The third-order valence-corrected chi connectivity index (χ3v) is 7.43. The van der Waals surface area contributed by atoms with Crippen LogP contribution in [-0.4, -0.2) is 19.5 Å². The number of para-hydroxylation sites is 2. The van der Waals surface area contributed by atoms with E-state index in [-0.39, 0.29) is 0 Å². The molecule has 1 N–H and O–H groups in total. The molecule has 0 amide bonds. The van der Waals surface area contributed by atoms with E-state index < -0.39 is 0 Å². The van der Waals surface area contributed by atoms with Crippen LogP contribution < -0.4 is 0 Å². The Hall–Kier alpha value is -4.70. The first-order chi connectivity index (χ1) is 17.8. The number of nitrogens with one attached hydrogen (secondary N) is 1. The molecule has 0 saturated heterocycles. The van der Waals surface area contributed by atoms with E-state index in [1.165, 1.54) is 38.8 Å². The van der Waals surface area contributed by atoms with Crippen LogP contribution in [-0.2, 0) is 6.42 Å². The molecule has 4 nitrogen and oxygen atoms in total. The molecule has 0 fully saturated rings. The summed E-state index contributed by atoms with van der Waals surface area (Å²) in [5, 5.41) is 3.62. The summed E-state index contributed by atoms with van der Waals surface area (Å²) in [6.07, 6.45) is 8.54. The molecule has 0 atom stereocenters. The van der Waals surface area contributed by atoms with Crippen LogP contribution in [0.1, 0.15) is 17.7 Å². The van der Waals surface area contributed by atoms with Crippen molar-refractivity contribution in [3.63, 3.8) is 0 Å². The first-order valence-corrected chi connectivity index (χ1v) is 12.4. The van der Waals surface area contributed by atoms with Gasteiger partial charge < -0.3 is 9.55 Å². The maximum atomic E-state index is 5.14. The number of aromatic nitrogens is 4. The van der Waals surface area contributed by atoms with E-state index in [1.54, 1.807) is 0 Å². The van der Waals surface area contributed by atoms with E-state index in [1.807, 2.05) is 6.20 Å². The fraction of sp³-hybridized carbons (Fsp3) is 0.0625. The van der Waals surface area contributed by atoms with Crippen LogP contribution in [0.4, 0.5) is 0 Å². The number of hydrogen-bond donors (Lipinski definition) is 1. The van der Waals surface area contributed by atoms with Gasteiger partial charge in [-0.15, -0.1) is 0 Å². The molecule has 0 radical (unpaired) electrons. The molecule has 1 aliphatic carbocycles. The average molecular weight is 463 g/mol. The van der Waals surface area contributed by atoms with Gasteiger partial charge in [0.1, 0.15) is 5.52 Å². The second-order valence-corrected chi connectivity index (χ2v) is 9.49. The fourth-order valence-electron chi connectivity index (χ4n) is 5.74. The predicted molar refractivity (Wildman–Crippen MR) is 149 cm³/mol. The van der Waals surface area contributed by atoms with Crippen molar-refractivity contribution in [2.24, 2.45) is 0 Å². The summed E-state index contributed by atoms with van der Waals surface area (Å²) in [5.74, 6) is 0. The lowest BCUT2D eigenvalue weighted by Gasteiger charge is -2.08. The lowest BCUT2D eigenvalue weighted by Crippen LogP contribution is -1.93. The first kappa shape index (κ1) is 19.6. The second-order valence-electron chi connectivity index (χ2n) is 9.49. The largest absolute Gasteiger partial charge is 0.356 e. The lowest BCUT2D eigenvalue weighted by molar-refractivity contribution is 0.951. The van der Waals surface area contributed by atoms with Gasteiger partial charge in [-0.05, 0) is 55.3 Å². The van der Waals surface area contributed by atoms with Crippen molar-refractivity contribution in [1.82, 2.24) is 19.5 Å². The van der Waals surface area contributed by atoms with Gasteiger partial charge in [0.15, 0.2) is 0 Å². The molecular formula is C32H22N4. The van der Waals surface area contributed by atoms with Gasteiger partial charge in [0, 0.05) is 44.9 Å². The Morgan fingerprint density at radius 1 is 0.778 bits per heavy atom. The molecule has 36 heavy (non-hydrogen) atoms. The number of fused-ring (bicyclic) bond motifs is 8. The van der Waals surface area contributed by atoms with Crippen molar-refractivity contribution in [2.75, 3.05) is 0 Å². The highest BCUT2D eigenvalue weighted by Gasteiger charge is 2.17. The number of H-pyrrole nitrogens is 1. The minimum absolute atomic E-state index is 0.913. The number of aryl methyl sites for hydroxylation is 1. The molecule has 3 aromatic carbocycles. The average Bonchev–Trinajstić information content (AvgIpc) is 3.49. The normalized spacial score (nSPS) is 13.2. The van der Waals surface area contributed by atoms with Gasteiger partial charge in [0.25, 0.3) is 0 Å². The summed E-state index contributed by atoms with van der Waals surface area (Å²) in [7, 11) is 0. The highest BCUT2D eigenvalue weighted by molar-refractivity contribution is 6.11. The van der Waals surface area contributed by atoms with Crippen molar-refractivity contribution in [2.45, 2.75) is 12.8 Å². The molecule has 0 aliphatic heterocycles. The van der Waals surface area contributed by atoms with Gasteiger partial charge in [-0.3, -0.25) is 4.98 Å². The van der Waals surface area contributed by atoms with Crippen LogP contribution in [0.2, 0.25) is 0 Å². The molecule has 0 spiro atoms. The lowest BCUT2D eigenvalue weighted by atomic mass is 10.0. The van der Waals surface area contributed by atoms with E-state index in [4.69, 9.17) is 9.97 Å². The Kier molecular flexibility index (Phi) is 4.03. The SMILES string of the molecule is C1=Cc2c([nH]c3c2cnc2ccc(-c4ccc5c(c4)c4ccccc4n5-c4ccccc4)nc23)CC1. The highest BCUT2D eigenvalue weighted by Crippen LogP contribution is 2.36. The number of aromatic amines is 1. The number of allylic oxidation sites excluding steroid dienone is 1. The Labute approximate surface area is 207 Å². The molecular weight excluding hydrogens is 440 g/mol. The molecule has 4 heterocycles. The molecule has 4 heteroatoms. The van der Waals surface area contributed by atoms with Crippen LogP contribution >= 0.6 is 0 Å². The number of pyridine rings is 2. The van der Waals surface area contributed by atoms with Crippen LogP contribution in [0.5, 0.6) is 0 Å². The molecule has 0 unspecified atom stereocenters. The maximum Gasteiger partial charge on any atom is 0.113 e. The summed E-state index contributed by atoms with van der Waals surface area (Å²) < 4.78 is 2.34. The van der Waals surface area contributed by atoms with Gasteiger partial charge in [-0.2, -0.15) is 0 Å². The Balaban J connectivity index is 1.36. The van der Waals surface area contributed by atoms with Crippen molar-refractivity contribution >= 4 is 49.8 Å². The topological polar surface area (TPSA) is 46.5 Å². The Morgan fingerprint density at radius 2 is 1.64 bits per heavy atom. The smallest absolute Gasteiger partial charge is 0.113 e. The zero-order chi connectivity index (χ0) is 23.6. The summed E-state index contributed by atoms with van der Waals surface area (Å²) in [6.45, 7) is 0. The van der Waals surface area contributed by atoms with Crippen molar-refractivity contribution in [3.05, 3.63) is 108 Å². The Morgan fingerprint density at radius 3 is 2.58 bits per heavy atom. The van der Waals surface area contributed by atoms with Gasteiger partial charge in [0.2, 0.25) is 0 Å². The summed E-state index contributed by atoms with van der Waals surface area (Å²) in [4.78, 5) is 13.5. The van der Waals surface area contributed by atoms with E-state index in [2.05, 4.69) is 107 Å². The number of nitrogens with zero attached hydrogens (tertiary/aromatic N) is 3. The summed E-state index contributed by atoms with van der Waals surface area (Å²) in [5.41, 5.74) is 11.1. The van der Waals surface area contributed by atoms with E-state index >= 15 is 0 Å². The maximum absolute atomic E-state index is 5.14. The molecule has 170 valence electrons. The quantitative estimate of drug-likeness (QED) is 0.284. The van der Waals surface area contributed by atoms with Crippen LogP contribution in [0, 0.1) is 0 Å². The fourth-order valence-corrected chi connectivity index (χ4v) is 5.74. The standard InChI is InChI=1S/C32H22N4/c1-2-8-21(9-3-1)36-29-13-7-5-11-23(29)24-18-20(14-17-30(24)36)26-15-16-28-32(34-26)31-25(19-33-28)22-10-4-6-12-27(22)35-31/h1-5,7-11,13-19,35H,6,12H2. The molecule has 1 aliphatic rings. The summed E-state index contributed by atoms with van der Waals surface area (Å²) >= 11 is 0. The zero-order valence-electron chi connectivity index (χ0n) is 19.6.